The molecule has 1 aromatic carbocycles. The predicted molar refractivity (Wildman–Crippen MR) is 98.9 cm³/mol. The molecule has 1 aliphatic carbocycles. The first-order valence-corrected chi connectivity index (χ1v) is 11.7. The van der Waals surface area contributed by atoms with Crippen LogP contribution in [0.5, 0.6) is 0 Å². The molecule has 34 heavy (non-hydrogen) atoms. The van der Waals surface area contributed by atoms with Crippen LogP contribution in [0, 0.1) is 0 Å². The minimum Gasteiger partial charge on any atom is -0.748 e. The molecule has 0 atom stereocenters. The molecule has 1 aromatic heterocycles. The molecule has 0 amide bonds. The van der Waals surface area contributed by atoms with Crippen molar-refractivity contribution in [3.8, 4) is 5.69 Å². The van der Waals surface area contributed by atoms with Gasteiger partial charge in [-0.2, -0.15) is 5.11 Å². The second-order valence-electron chi connectivity index (χ2n) is 6.85. The van der Waals surface area contributed by atoms with Gasteiger partial charge in [0.25, 0.3) is 5.56 Å². The molecule has 1 fully saturated rings. The van der Waals surface area contributed by atoms with Crippen LogP contribution < -0.4 is 99.3 Å². The quantitative estimate of drug-likeness (QED) is 0.209. The summed E-state index contributed by atoms with van der Waals surface area (Å²) in [5.41, 5.74) is -2.14. The normalized spacial score (nSPS) is 18.4. The van der Waals surface area contributed by atoms with Crippen LogP contribution in [0.25, 0.3) is 5.69 Å². The number of azo groups is 1. The van der Waals surface area contributed by atoms with Gasteiger partial charge in [-0.25, -0.2) is 21.5 Å². The Hall–Kier alpha value is 0.120. The van der Waals surface area contributed by atoms with Gasteiger partial charge in [0.15, 0.2) is 5.69 Å². The summed E-state index contributed by atoms with van der Waals surface area (Å²) in [6.45, 7) is 0. The van der Waals surface area contributed by atoms with E-state index in [4.69, 9.17) is 0 Å². The van der Waals surface area contributed by atoms with E-state index in [9.17, 15) is 40.6 Å². The van der Waals surface area contributed by atoms with Gasteiger partial charge in [0.1, 0.15) is 15.8 Å². The number of H-pyrrole nitrogens is 1. The fourth-order valence-corrected chi connectivity index (χ4v) is 4.51. The van der Waals surface area contributed by atoms with E-state index in [-0.39, 0.29) is 120 Å². The van der Waals surface area contributed by atoms with Gasteiger partial charge in [-0.3, -0.25) is 9.89 Å². The zero-order valence-corrected chi connectivity index (χ0v) is 26.3. The molecule has 13 nitrogen and oxygen atoms in total. The summed E-state index contributed by atoms with van der Waals surface area (Å²) in [6.07, 6.45) is 0.602. The minimum atomic E-state index is -4.71. The Bertz CT molecular complexity index is 1300. The molecule has 0 bridgehead atoms. The van der Waals surface area contributed by atoms with Gasteiger partial charge in [0.2, 0.25) is 0 Å². The fourth-order valence-electron chi connectivity index (χ4n) is 3.20. The summed E-state index contributed by atoms with van der Waals surface area (Å²) in [5, 5.41) is 20.3. The molecule has 3 rings (SSSR count). The summed E-state index contributed by atoms with van der Waals surface area (Å²) < 4.78 is 67.0. The predicted octanol–water partition coefficient (Wildman–Crippen LogP) is -9.61. The average Bonchev–Trinajstić information content (AvgIpc) is 3.02. The number of benzene rings is 1. The monoisotopic (exact) mass is 540 g/mol. The third-order valence-electron chi connectivity index (χ3n) is 4.83. The van der Waals surface area contributed by atoms with Crippen LogP contribution in [0.2, 0.25) is 0 Å². The molecule has 0 saturated heterocycles. The van der Waals surface area contributed by atoms with Crippen molar-refractivity contribution in [1.29, 1.82) is 0 Å². The molecule has 2 aromatic rings. The standard InChI is InChI=1S/C16H18N4O9S2.3Na/c21-15-13(18-17-9-1-5-11(6-2-9)30(24,25)26)14(16(22)23)19-20(15)10-3-7-12(8-4-10)31(27,28)29;;;/h3-4,7-9,11,19H,1-2,5-6H2,(H,22,23)(H,24,25,26)(H,27,28,29);;;/q;3*+1/p-3. The van der Waals surface area contributed by atoms with Crippen molar-refractivity contribution < 1.29 is 125 Å². The zero-order valence-electron chi connectivity index (χ0n) is 18.6. The van der Waals surface area contributed by atoms with Gasteiger partial charge < -0.3 is 19.0 Å². The molecular weight excluding hydrogens is 525 g/mol. The second kappa shape index (κ2) is 13.6. The Morgan fingerprint density at radius 3 is 1.94 bits per heavy atom. The Labute approximate surface area is 261 Å². The first kappa shape index (κ1) is 34.1. The largest absolute Gasteiger partial charge is 1.00 e. The van der Waals surface area contributed by atoms with Crippen LogP contribution in [-0.4, -0.2) is 53.0 Å². The van der Waals surface area contributed by atoms with E-state index in [0.29, 0.717) is 0 Å². The number of rotatable bonds is 6. The average molecular weight is 540 g/mol. The topological polar surface area (TPSA) is 217 Å². The van der Waals surface area contributed by atoms with Crippen molar-refractivity contribution in [3.05, 3.63) is 40.3 Å². The fraction of sp³-hybridized carbons (Fsp3) is 0.375. The number of aromatic amines is 1. The summed E-state index contributed by atoms with van der Waals surface area (Å²) in [6, 6.07) is 3.64. The number of aromatic nitrogens is 2. The SMILES string of the molecule is O=C([O-])c1[nH]n(-c2ccc(S(=O)(=O)[O-])cc2)c(=O)c1N=NC1CCC(S(=O)(=O)[O-])CC1.[Na+].[Na+].[Na+]. The molecule has 0 radical (unpaired) electrons. The molecule has 1 heterocycles. The van der Waals surface area contributed by atoms with Gasteiger partial charge in [0, 0.05) is 5.25 Å². The van der Waals surface area contributed by atoms with Gasteiger partial charge in [-0.05, 0) is 49.9 Å². The molecule has 168 valence electrons. The van der Waals surface area contributed by atoms with Gasteiger partial charge >= 0.3 is 88.7 Å². The maximum atomic E-state index is 12.6. The number of hydrogen-bond acceptors (Lipinski definition) is 11. The van der Waals surface area contributed by atoms with E-state index in [0.717, 1.165) is 28.9 Å². The molecule has 1 N–H and O–H groups in total. The zero-order chi connectivity index (χ0) is 23.0. The number of carboxylic acid groups (broad SMARTS) is 1. The van der Waals surface area contributed by atoms with Crippen LogP contribution in [-0.2, 0) is 20.2 Å². The summed E-state index contributed by atoms with van der Waals surface area (Å²) >= 11 is 0. The maximum absolute atomic E-state index is 12.6. The third-order valence-corrected chi connectivity index (χ3v) is 6.96. The van der Waals surface area contributed by atoms with Crippen molar-refractivity contribution in [2.75, 3.05) is 0 Å². The van der Waals surface area contributed by atoms with Gasteiger partial charge in [-0.1, -0.05) is 0 Å². The molecule has 0 spiro atoms. The van der Waals surface area contributed by atoms with Crippen LogP contribution in [0.1, 0.15) is 36.2 Å². The Balaban J connectivity index is 0.00000363. The van der Waals surface area contributed by atoms with E-state index in [1.54, 1.807) is 0 Å². The summed E-state index contributed by atoms with van der Waals surface area (Å²) in [7, 11) is -9.11. The maximum Gasteiger partial charge on any atom is 1.00 e. The van der Waals surface area contributed by atoms with Crippen LogP contribution in [0.3, 0.4) is 0 Å². The van der Waals surface area contributed by atoms with Crippen molar-refractivity contribution in [2.24, 2.45) is 10.2 Å². The van der Waals surface area contributed by atoms with Crippen molar-refractivity contribution in [2.45, 2.75) is 41.9 Å². The summed E-state index contributed by atoms with van der Waals surface area (Å²) in [5.74, 6) is -1.75. The van der Waals surface area contributed by atoms with E-state index in [1.165, 1.54) is 0 Å². The van der Waals surface area contributed by atoms with Crippen molar-refractivity contribution >= 4 is 31.9 Å². The van der Waals surface area contributed by atoms with E-state index in [1.807, 2.05) is 0 Å². The number of hydrogen-bond donors (Lipinski definition) is 1. The number of carboxylic acids is 1. The Kier molecular flexibility index (Phi) is 13.7. The molecule has 18 heteroatoms. The van der Waals surface area contributed by atoms with Crippen LogP contribution in [0.15, 0.2) is 44.2 Å². The Morgan fingerprint density at radius 2 is 1.50 bits per heavy atom. The van der Waals surface area contributed by atoms with Crippen molar-refractivity contribution in [1.82, 2.24) is 9.78 Å². The number of carbonyl (C=O) groups is 1. The smallest absolute Gasteiger partial charge is 0.748 e. The van der Waals surface area contributed by atoms with E-state index < -0.39 is 59.3 Å². The van der Waals surface area contributed by atoms with E-state index >= 15 is 0 Å². The second-order valence-corrected chi connectivity index (χ2v) is 9.88. The summed E-state index contributed by atoms with van der Waals surface area (Å²) in [4.78, 5) is 23.5. The number of nitrogens with zero attached hydrogens (tertiary/aromatic N) is 3. The third kappa shape index (κ3) is 8.33. The minimum absolute atomic E-state index is 0. The van der Waals surface area contributed by atoms with Crippen LogP contribution in [0.4, 0.5) is 5.69 Å². The van der Waals surface area contributed by atoms with Crippen molar-refractivity contribution in [3.63, 3.8) is 0 Å². The number of carbonyl (C=O) groups excluding carboxylic acids is 1. The number of aromatic carboxylic acids is 1. The van der Waals surface area contributed by atoms with Gasteiger partial charge in [-0.15, -0.1) is 5.11 Å². The molecule has 1 saturated carbocycles. The van der Waals surface area contributed by atoms with E-state index in [2.05, 4.69) is 15.3 Å². The first-order valence-electron chi connectivity index (χ1n) is 8.86. The molecular formula is C16H15N4Na3O9S2. The van der Waals surface area contributed by atoms with Gasteiger partial charge in [0.05, 0.1) is 32.7 Å². The van der Waals surface area contributed by atoms with Crippen LogP contribution >= 0.6 is 0 Å². The Morgan fingerprint density at radius 1 is 0.971 bits per heavy atom. The first-order chi connectivity index (χ1) is 14.4. The molecule has 0 aliphatic heterocycles. The molecule has 1 aliphatic rings. The number of nitrogens with one attached hydrogen (secondary N) is 1. The molecule has 0 unspecified atom stereocenters.